The van der Waals surface area contributed by atoms with Crippen LogP contribution in [0.5, 0.6) is 0 Å². The van der Waals surface area contributed by atoms with Crippen molar-refractivity contribution in [2.45, 2.75) is 118 Å². The third-order valence-electron chi connectivity index (χ3n) is 6.52. The first kappa shape index (κ1) is 29.4. The fourth-order valence-electron chi connectivity index (χ4n) is 2.81. The normalized spacial score (nSPS) is 19.2. The summed E-state index contributed by atoms with van der Waals surface area (Å²) in [4.78, 5) is 37.8. The minimum absolute atomic E-state index is 0.0583. The van der Waals surface area contributed by atoms with E-state index in [1.165, 1.54) is 0 Å². The van der Waals surface area contributed by atoms with E-state index in [4.69, 9.17) is 14.2 Å². The van der Waals surface area contributed by atoms with Gasteiger partial charge in [-0.3, -0.25) is 9.59 Å². The van der Waals surface area contributed by atoms with Crippen LogP contribution in [0.4, 0.5) is 0 Å². The van der Waals surface area contributed by atoms with E-state index in [9.17, 15) is 19.5 Å². The van der Waals surface area contributed by atoms with Crippen molar-refractivity contribution in [3.63, 3.8) is 0 Å². The van der Waals surface area contributed by atoms with Crippen LogP contribution in [0.15, 0.2) is 0 Å². The first-order valence-corrected chi connectivity index (χ1v) is 11.6. The van der Waals surface area contributed by atoms with Crippen molar-refractivity contribution in [1.29, 1.82) is 0 Å². The van der Waals surface area contributed by atoms with E-state index in [1.807, 2.05) is 41.5 Å². The third-order valence-corrected chi connectivity index (χ3v) is 6.52. The van der Waals surface area contributed by atoms with Crippen LogP contribution in [0, 0.1) is 17.8 Å². The van der Waals surface area contributed by atoms with Gasteiger partial charge in [0.15, 0.2) is 5.60 Å². The standard InChI is InChI=1S/C24H44O7/c1-10-15(4)18(7)29-21(25)13-24(28,23(27)31-20(9)17(6)12-3)14-22(26)30-19(8)16(5)11-2/h15-20,28H,10-14H2,1-9H3. The average molecular weight is 445 g/mol. The number of carbonyl (C=O) groups excluding carboxylic acids is 3. The van der Waals surface area contributed by atoms with Crippen LogP contribution in [0.1, 0.15) is 94.4 Å². The Morgan fingerprint density at radius 3 is 1.23 bits per heavy atom. The van der Waals surface area contributed by atoms with Crippen molar-refractivity contribution in [2.24, 2.45) is 17.8 Å². The molecule has 1 N–H and O–H groups in total. The predicted octanol–water partition coefficient (Wildman–Crippen LogP) is 4.43. The lowest BCUT2D eigenvalue weighted by Gasteiger charge is -2.29. The van der Waals surface area contributed by atoms with Gasteiger partial charge in [0.2, 0.25) is 0 Å². The van der Waals surface area contributed by atoms with Gasteiger partial charge in [-0.2, -0.15) is 0 Å². The van der Waals surface area contributed by atoms with E-state index in [0.29, 0.717) is 0 Å². The molecule has 0 heterocycles. The van der Waals surface area contributed by atoms with Crippen LogP contribution < -0.4 is 0 Å². The lowest BCUT2D eigenvalue weighted by atomic mass is 9.94. The molecule has 182 valence electrons. The number of carbonyl (C=O) groups is 3. The number of hydrogen-bond donors (Lipinski definition) is 1. The number of esters is 3. The van der Waals surface area contributed by atoms with Gasteiger partial charge in [-0.15, -0.1) is 0 Å². The molecule has 0 aliphatic carbocycles. The van der Waals surface area contributed by atoms with E-state index >= 15 is 0 Å². The van der Waals surface area contributed by atoms with Crippen molar-refractivity contribution in [1.82, 2.24) is 0 Å². The van der Waals surface area contributed by atoms with Crippen LogP contribution in [-0.4, -0.2) is 46.9 Å². The largest absolute Gasteiger partial charge is 0.462 e. The smallest absolute Gasteiger partial charge is 0.339 e. The maximum absolute atomic E-state index is 12.8. The Labute approximate surface area is 188 Å². The van der Waals surface area contributed by atoms with E-state index < -0.39 is 42.5 Å². The average Bonchev–Trinajstić information content (AvgIpc) is 2.70. The van der Waals surface area contributed by atoms with E-state index in [-0.39, 0.29) is 30.0 Å². The molecule has 0 aromatic carbocycles. The van der Waals surface area contributed by atoms with Gasteiger partial charge in [-0.1, -0.05) is 60.8 Å². The molecule has 31 heavy (non-hydrogen) atoms. The van der Waals surface area contributed by atoms with Crippen LogP contribution >= 0.6 is 0 Å². The van der Waals surface area contributed by atoms with Gasteiger partial charge in [0.1, 0.15) is 18.3 Å². The quantitative estimate of drug-likeness (QED) is 0.312. The Morgan fingerprint density at radius 1 is 0.645 bits per heavy atom. The van der Waals surface area contributed by atoms with Crippen molar-refractivity contribution in [3.8, 4) is 0 Å². The van der Waals surface area contributed by atoms with Crippen LogP contribution in [0.25, 0.3) is 0 Å². The molecule has 0 rings (SSSR count). The van der Waals surface area contributed by atoms with Crippen molar-refractivity contribution in [2.75, 3.05) is 0 Å². The maximum Gasteiger partial charge on any atom is 0.339 e. The summed E-state index contributed by atoms with van der Waals surface area (Å²) in [6.45, 7) is 17.0. The van der Waals surface area contributed by atoms with Gasteiger partial charge in [0.05, 0.1) is 12.8 Å². The minimum atomic E-state index is -2.35. The number of ether oxygens (including phenoxy) is 3. The molecular weight excluding hydrogens is 400 g/mol. The van der Waals surface area contributed by atoms with Crippen molar-refractivity contribution >= 4 is 17.9 Å². The second-order valence-corrected chi connectivity index (χ2v) is 9.04. The highest BCUT2D eigenvalue weighted by Gasteiger charge is 2.45. The van der Waals surface area contributed by atoms with Gasteiger partial charge >= 0.3 is 17.9 Å². The predicted molar refractivity (Wildman–Crippen MR) is 119 cm³/mol. The summed E-state index contributed by atoms with van der Waals surface area (Å²) in [6.07, 6.45) is -0.188. The lowest BCUT2D eigenvalue weighted by molar-refractivity contribution is -0.185. The molecular formula is C24H44O7. The number of aliphatic hydroxyl groups is 1. The zero-order valence-corrected chi connectivity index (χ0v) is 20.9. The molecule has 0 radical (unpaired) electrons. The molecule has 0 bridgehead atoms. The molecule has 0 aliphatic heterocycles. The summed E-state index contributed by atoms with van der Waals surface area (Å²) in [6, 6.07) is 0. The Morgan fingerprint density at radius 2 is 0.935 bits per heavy atom. The number of hydrogen-bond acceptors (Lipinski definition) is 7. The Hall–Kier alpha value is -1.63. The summed E-state index contributed by atoms with van der Waals surface area (Å²) in [7, 11) is 0. The number of rotatable bonds is 14. The van der Waals surface area contributed by atoms with Gasteiger partial charge in [-0.05, 0) is 38.5 Å². The molecule has 0 fully saturated rings. The fraction of sp³-hybridized carbons (Fsp3) is 0.875. The summed E-state index contributed by atoms with van der Waals surface area (Å²) in [5, 5.41) is 11.1. The molecule has 0 aromatic heterocycles. The van der Waals surface area contributed by atoms with Crippen LogP contribution in [0.3, 0.4) is 0 Å². The Bertz CT molecular complexity index is 542. The summed E-state index contributed by atoms with van der Waals surface area (Å²) < 4.78 is 16.2. The molecule has 7 heteroatoms. The summed E-state index contributed by atoms with van der Waals surface area (Å²) in [5.74, 6) is -2.23. The van der Waals surface area contributed by atoms with Crippen LogP contribution in [-0.2, 0) is 28.6 Å². The maximum atomic E-state index is 12.8. The molecule has 0 amide bonds. The minimum Gasteiger partial charge on any atom is -0.462 e. The molecule has 0 spiro atoms. The second-order valence-electron chi connectivity index (χ2n) is 9.04. The molecule has 0 aliphatic rings. The first-order valence-electron chi connectivity index (χ1n) is 11.6. The van der Waals surface area contributed by atoms with Crippen molar-refractivity contribution < 1.29 is 33.7 Å². The van der Waals surface area contributed by atoms with Crippen molar-refractivity contribution in [3.05, 3.63) is 0 Å². The fourth-order valence-corrected chi connectivity index (χ4v) is 2.81. The molecule has 0 aromatic rings. The first-order chi connectivity index (χ1) is 14.3. The topological polar surface area (TPSA) is 99.1 Å². The lowest BCUT2D eigenvalue weighted by Crippen LogP contribution is -2.47. The van der Waals surface area contributed by atoms with Crippen LogP contribution in [0.2, 0.25) is 0 Å². The molecule has 6 atom stereocenters. The second kappa shape index (κ2) is 13.7. The van der Waals surface area contributed by atoms with E-state index in [1.54, 1.807) is 20.8 Å². The molecule has 0 saturated heterocycles. The Balaban J connectivity index is 5.46. The SMILES string of the molecule is CCC(C)C(C)OC(=O)CC(O)(CC(=O)OC(C)C(C)CC)C(=O)OC(C)C(C)CC. The highest BCUT2D eigenvalue weighted by Crippen LogP contribution is 2.24. The Kier molecular flexibility index (Phi) is 13.0. The highest BCUT2D eigenvalue weighted by molar-refractivity contribution is 5.90. The third kappa shape index (κ3) is 10.0. The van der Waals surface area contributed by atoms with Gasteiger partial charge in [0.25, 0.3) is 0 Å². The highest BCUT2D eigenvalue weighted by atomic mass is 16.6. The molecule has 7 nitrogen and oxygen atoms in total. The molecule has 0 saturated carbocycles. The van der Waals surface area contributed by atoms with E-state index in [0.717, 1.165) is 19.3 Å². The van der Waals surface area contributed by atoms with Gasteiger partial charge in [0, 0.05) is 0 Å². The zero-order chi connectivity index (χ0) is 24.4. The van der Waals surface area contributed by atoms with Gasteiger partial charge < -0.3 is 19.3 Å². The van der Waals surface area contributed by atoms with E-state index in [2.05, 4.69) is 0 Å². The molecule has 6 unspecified atom stereocenters. The van der Waals surface area contributed by atoms with Gasteiger partial charge in [-0.25, -0.2) is 4.79 Å². The summed E-state index contributed by atoms with van der Waals surface area (Å²) >= 11 is 0. The summed E-state index contributed by atoms with van der Waals surface area (Å²) in [5.41, 5.74) is -2.35. The monoisotopic (exact) mass is 444 g/mol. The zero-order valence-electron chi connectivity index (χ0n) is 20.9.